The Morgan fingerprint density at radius 3 is 2.23 bits per heavy atom. The lowest BCUT2D eigenvalue weighted by atomic mass is 9.93. The molecule has 2 aromatic carbocycles. The highest BCUT2D eigenvalue weighted by Gasteiger charge is 2.27. The first-order chi connectivity index (χ1) is 15.0. The third-order valence-electron chi connectivity index (χ3n) is 6.00. The fourth-order valence-electron chi connectivity index (χ4n) is 4.29. The number of benzene rings is 2. The maximum absolute atomic E-state index is 13.3. The van der Waals surface area contributed by atoms with Crippen molar-refractivity contribution >= 4 is 11.8 Å². The first-order valence-electron chi connectivity index (χ1n) is 11.1. The second-order valence-electron chi connectivity index (χ2n) is 8.53. The Labute approximate surface area is 184 Å². The van der Waals surface area contributed by atoms with E-state index in [2.05, 4.69) is 5.32 Å². The highest BCUT2D eigenvalue weighted by molar-refractivity contribution is 5.93. The van der Waals surface area contributed by atoms with E-state index in [9.17, 15) is 14.0 Å². The summed E-state index contributed by atoms with van der Waals surface area (Å²) in [5, 5.41) is 2.62. The number of quaternary nitrogens is 1. The van der Waals surface area contributed by atoms with Crippen molar-refractivity contribution in [2.75, 3.05) is 20.6 Å². The molecule has 1 atom stereocenters. The molecule has 2 N–H and O–H groups in total. The molecule has 0 radical (unpaired) electrons. The van der Waals surface area contributed by atoms with Crippen molar-refractivity contribution in [2.24, 2.45) is 0 Å². The first-order valence-corrected chi connectivity index (χ1v) is 11.1. The summed E-state index contributed by atoms with van der Waals surface area (Å²) in [6.45, 7) is 1.63. The van der Waals surface area contributed by atoms with Crippen LogP contribution in [0.15, 0.2) is 48.5 Å². The second kappa shape index (κ2) is 11.0. The van der Waals surface area contributed by atoms with Crippen molar-refractivity contribution in [3.8, 4) is 0 Å². The molecule has 1 saturated carbocycles. The van der Waals surface area contributed by atoms with Gasteiger partial charge in [-0.2, -0.15) is 0 Å². The van der Waals surface area contributed by atoms with Gasteiger partial charge >= 0.3 is 0 Å². The van der Waals surface area contributed by atoms with Gasteiger partial charge in [-0.25, -0.2) is 4.39 Å². The Balaban J connectivity index is 1.64. The zero-order valence-corrected chi connectivity index (χ0v) is 18.5. The van der Waals surface area contributed by atoms with Crippen LogP contribution >= 0.6 is 0 Å². The summed E-state index contributed by atoms with van der Waals surface area (Å²) in [6, 6.07) is 14.2. The zero-order chi connectivity index (χ0) is 22.2. The fourth-order valence-corrected chi connectivity index (χ4v) is 4.29. The molecule has 0 saturated heterocycles. The standard InChI is InChI=1S/C25H32FN3O2/c1-27-25(31)21-12-8-19(9-13-21)16-28(2)18-24(30)29(23-6-4-3-5-7-23)17-20-10-14-22(26)15-11-20/h8-15,23H,3-7,16-18H2,1-2H3,(H,27,31)/p+1. The van der Waals surface area contributed by atoms with Gasteiger partial charge in [0.2, 0.25) is 0 Å². The van der Waals surface area contributed by atoms with Crippen molar-refractivity contribution in [1.82, 2.24) is 10.2 Å². The van der Waals surface area contributed by atoms with Crippen LogP contribution in [0.25, 0.3) is 0 Å². The van der Waals surface area contributed by atoms with Gasteiger partial charge in [0.25, 0.3) is 11.8 Å². The highest BCUT2D eigenvalue weighted by atomic mass is 19.1. The molecule has 1 fully saturated rings. The molecule has 1 aliphatic rings. The summed E-state index contributed by atoms with van der Waals surface area (Å²) >= 11 is 0. The smallest absolute Gasteiger partial charge is 0.278 e. The molecule has 0 heterocycles. The molecule has 1 unspecified atom stereocenters. The normalized spacial score (nSPS) is 15.3. The lowest BCUT2D eigenvalue weighted by molar-refractivity contribution is -0.885. The summed E-state index contributed by atoms with van der Waals surface area (Å²) in [5.74, 6) is -0.229. The van der Waals surface area contributed by atoms with Crippen LogP contribution in [-0.2, 0) is 17.9 Å². The van der Waals surface area contributed by atoms with Crippen LogP contribution < -0.4 is 10.2 Å². The van der Waals surface area contributed by atoms with Crippen LogP contribution in [0, 0.1) is 5.82 Å². The minimum Gasteiger partial charge on any atom is -0.355 e. The molecule has 0 bridgehead atoms. The lowest BCUT2D eigenvalue weighted by Gasteiger charge is -2.35. The van der Waals surface area contributed by atoms with E-state index in [0.717, 1.165) is 41.7 Å². The Morgan fingerprint density at radius 1 is 1.00 bits per heavy atom. The number of carbonyl (C=O) groups excluding carboxylic acids is 2. The van der Waals surface area contributed by atoms with Crippen molar-refractivity contribution in [1.29, 1.82) is 0 Å². The molecule has 166 valence electrons. The van der Waals surface area contributed by atoms with Gasteiger partial charge < -0.3 is 15.1 Å². The van der Waals surface area contributed by atoms with Gasteiger partial charge in [0.15, 0.2) is 6.54 Å². The maximum Gasteiger partial charge on any atom is 0.278 e. The predicted octanol–water partition coefficient (Wildman–Crippen LogP) is 2.56. The van der Waals surface area contributed by atoms with E-state index in [4.69, 9.17) is 0 Å². The number of carbonyl (C=O) groups is 2. The minimum absolute atomic E-state index is 0.105. The van der Waals surface area contributed by atoms with Gasteiger partial charge in [-0.05, 0) is 42.7 Å². The van der Waals surface area contributed by atoms with Crippen LogP contribution in [0.5, 0.6) is 0 Å². The molecule has 2 aromatic rings. The highest BCUT2D eigenvalue weighted by Crippen LogP contribution is 2.24. The number of halogens is 1. The van der Waals surface area contributed by atoms with Crippen LogP contribution in [0.2, 0.25) is 0 Å². The molecular weight excluding hydrogens is 393 g/mol. The largest absolute Gasteiger partial charge is 0.355 e. The van der Waals surface area contributed by atoms with E-state index in [1.54, 1.807) is 19.2 Å². The average molecular weight is 427 g/mol. The van der Waals surface area contributed by atoms with Gasteiger partial charge in [-0.1, -0.05) is 43.5 Å². The van der Waals surface area contributed by atoms with Gasteiger partial charge in [0.1, 0.15) is 12.4 Å². The van der Waals surface area contributed by atoms with Crippen LogP contribution in [-0.4, -0.2) is 43.4 Å². The number of nitrogens with zero attached hydrogens (tertiary/aromatic N) is 1. The average Bonchev–Trinajstić information content (AvgIpc) is 2.79. The Kier molecular flexibility index (Phi) is 8.18. The van der Waals surface area contributed by atoms with E-state index in [1.807, 2.05) is 36.2 Å². The molecule has 1 aliphatic carbocycles. The van der Waals surface area contributed by atoms with Crippen LogP contribution in [0.4, 0.5) is 4.39 Å². The lowest BCUT2D eigenvalue weighted by Crippen LogP contribution is -3.09. The molecular formula is C25H33FN3O2+. The Hall–Kier alpha value is -2.73. The maximum atomic E-state index is 13.3. The van der Waals surface area contributed by atoms with E-state index in [-0.39, 0.29) is 23.7 Å². The first kappa shape index (κ1) is 22.9. The Bertz CT molecular complexity index is 861. The van der Waals surface area contributed by atoms with Gasteiger partial charge in [-0.3, -0.25) is 9.59 Å². The van der Waals surface area contributed by atoms with Crippen LogP contribution in [0.3, 0.4) is 0 Å². The fraction of sp³-hybridized carbons (Fsp3) is 0.440. The molecule has 5 nitrogen and oxygen atoms in total. The minimum atomic E-state index is -0.258. The number of amides is 2. The third-order valence-corrected chi connectivity index (χ3v) is 6.00. The van der Waals surface area contributed by atoms with Crippen molar-refractivity contribution in [3.05, 3.63) is 71.0 Å². The van der Waals surface area contributed by atoms with Crippen LogP contribution in [0.1, 0.15) is 53.6 Å². The van der Waals surface area contributed by atoms with E-state index < -0.39 is 0 Å². The number of rotatable bonds is 8. The number of likely N-dealkylation sites (N-methyl/N-ethyl adjacent to an activating group) is 1. The number of nitrogens with one attached hydrogen (secondary N) is 2. The van der Waals surface area contributed by atoms with Gasteiger partial charge in [0.05, 0.1) is 7.05 Å². The molecule has 0 aromatic heterocycles. The predicted molar refractivity (Wildman–Crippen MR) is 119 cm³/mol. The SMILES string of the molecule is CNC(=O)c1ccc(C[NH+](C)CC(=O)N(Cc2ccc(F)cc2)C2CCCCC2)cc1. The molecule has 3 rings (SSSR count). The summed E-state index contributed by atoms with van der Waals surface area (Å²) in [6.07, 6.45) is 5.60. The van der Waals surface area contributed by atoms with E-state index in [0.29, 0.717) is 25.2 Å². The quantitative estimate of drug-likeness (QED) is 0.682. The molecule has 6 heteroatoms. The number of hydrogen-bond donors (Lipinski definition) is 2. The Morgan fingerprint density at radius 2 is 1.61 bits per heavy atom. The molecule has 31 heavy (non-hydrogen) atoms. The zero-order valence-electron chi connectivity index (χ0n) is 18.5. The number of hydrogen-bond acceptors (Lipinski definition) is 2. The van der Waals surface area contributed by atoms with Gasteiger partial charge in [-0.15, -0.1) is 0 Å². The van der Waals surface area contributed by atoms with Gasteiger partial charge in [0, 0.05) is 30.8 Å². The van der Waals surface area contributed by atoms with Crippen molar-refractivity contribution in [2.45, 2.75) is 51.2 Å². The summed E-state index contributed by atoms with van der Waals surface area (Å²) in [5.41, 5.74) is 2.67. The monoisotopic (exact) mass is 426 g/mol. The van der Waals surface area contributed by atoms with Crippen molar-refractivity contribution in [3.63, 3.8) is 0 Å². The summed E-state index contributed by atoms with van der Waals surface area (Å²) < 4.78 is 13.3. The topological polar surface area (TPSA) is 53.9 Å². The van der Waals surface area contributed by atoms with Crippen molar-refractivity contribution < 1.29 is 18.9 Å². The summed E-state index contributed by atoms with van der Waals surface area (Å²) in [7, 11) is 3.63. The molecule has 0 aliphatic heterocycles. The van der Waals surface area contributed by atoms with E-state index in [1.165, 1.54) is 18.6 Å². The van der Waals surface area contributed by atoms with E-state index >= 15 is 0 Å². The third kappa shape index (κ3) is 6.62. The molecule has 0 spiro atoms. The molecule has 2 amide bonds. The summed E-state index contributed by atoms with van der Waals surface area (Å²) in [4.78, 5) is 28.1. The second-order valence-corrected chi connectivity index (χ2v) is 8.53.